The predicted octanol–water partition coefficient (Wildman–Crippen LogP) is 0.995. The van der Waals surface area contributed by atoms with Crippen LogP contribution in [0.2, 0.25) is 0 Å². The maximum Gasteiger partial charge on any atom is 0.237 e. The molecular weight excluding hydrogens is 378 g/mol. The summed E-state index contributed by atoms with van der Waals surface area (Å²) >= 11 is 0. The van der Waals surface area contributed by atoms with Crippen LogP contribution < -0.4 is 9.64 Å². The molecule has 0 spiro atoms. The number of benzene rings is 1. The van der Waals surface area contributed by atoms with Crippen LogP contribution in [0.15, 0.2) is 24.3 Å². The number of hydrogen-bond donors (Lipinski definition) is 0. The Bertz CT molecular complexity index is 816. The SMILES string of the molecule is COc1ccccc1N1CCN(CC(=O)N(C2CC2)[C@@H]2CCS(=O)(=O)C2)CC1. The zero-order chi connectivity index (χ0) is 19.7. The normalized spacial score (nSPS) is 24.9. The van der Waals surface area contributed by atoms with Crippen molar-refractivity contribution < 1.29 is 17.9 Å². The highest BCUT2D eigenvalue weighted by Crippen LogP contribution is 2.33. The fourth-order valence-electron chi connectivity index (χ4n) is 4.36. The average Bonchev–Trinajstić information content (AvgIpc) is 3.45. The molecule has 7 nitrogen and oxygen atoms in total. The largest absolute Gasteiger partial charge is 0.495 e. The molecule has 3 fully saturated rings. The second-order valence-corrected chi connectivity index (χ2v) is 10.3. The first-order valence-electron chi connectivity index (χ1n) is 10.1. The summed E-state index contributed by atoms with van der Waals surface area (Å²) in [6, 6.07) is 8.13. The number of carbonyl (C=O) groups excluding carboxylic acids is 1. The molecule has 8 heteroatoms. The molecule has 1 saturated carbocycles. The van der Waals surface area contributed by atoms with Gasteiger partial charge in [0.05, 0.1) is 30.8 Å². The molecule has 0 bridgehead atoms. The van der Waals surface area contributed by atoms with Crippen molar-refractivity contribution in [3.05, 3.63) is 24.3 Å². The number of ether oxygens (including phenoxy) is 1. The van der Waals surface area contributed by atoms with E-state index < -0.39 is 9.84 Å². The van der Waals surface area contributed by atoms with Crippen molar-refractivity contribution in [3.63, 3.8) is 0 Å². The standard InChI is InChI=1S/C20H29N3O4S/c1-27-19-5-3-2-4-18(19)22-11-9-21(10-12-22)14-20(24)23(16-6-7-16)17-8-13-28(25,26)15-17/h2-5,16-17H,6-15H2,1H3/t17-/m1/s1. The van der Waals surface area contributed by atoms with Gasteiger partial charge in [-0.15, -0.1) is 0 Å². The fraction of sp³-hybridized carbons (Fsp3) is 0.650. The first-order valence-corrected chi connectivity index (χ1v) is 11.9. The number of para-hydroxylation sites is 2. The van der Waals surface area contributed by atoms with Gasteiger partial charge in [-0.3, -0.25) is 9.69 Å². The molecule has 2 saturated heterocycles. The fourth-order valence-corrected chi connectivity index (χ4v) is 6.08. The maximum atomic E-state index is 13.0. The highest BCUT2D eigenvalue weighted by atomic mass is 32.2. The van der Waals surface area contributed by atoms with Crippen molar-refractivity contribution in [3.8, 4) is 5.75 Å². The van der Waals surface area contributed by atoms with E-state index in [0.29, 0.717) is 13.0 Å². The lowest BCUT2D eigenvalue weighted by molar-refractivity contribution is -0.135. The van der Waals surface area contributed by atoms with Gasteiger partial charge in [0.2, 0.25) is 5.91 Å². The molecule has 3 aliphatic rings. The van der Waals surface area contributed by atoms with E-state index >= 15 is 0 Å². The Labute approximate surface area is 167 Å². The monoisotopic (exact) mass is 407 g/mol. The summed E-state index contributed by atoms with van der Waals surface area (Å²) in [7, 11) is -1.30. The zero-order valence-corrected chi connectivity index (χ0v) is 17.2. The minimum absolute atomic E-state index is 0.0929. The van der Waals surface area contributed by atoms with E-state index in [1.807, 2.05) is 23.1 Å². The molecule has 1 atom stereocenters. The van der Waals surface area contributed by atoms with Crippen LogP contribution in [0, 0.1) is 0 Å². The second-order valence-electron chi connectivity index (χ2n) is 8.02. The van der Waals surface area contributed by atoms with Crippen LogP contribution >= 0.6 is 0 Å². The van der Waals surface area contributed by atoms with E-state index in [1.54, 1.807) is 7.11 Å². The molecule has 0 N–H and O–H groups in total. The maximum absolute atomic E-state index is 13.0. The molecule has 1 amide bonds. The number of piperazine rings is 1. The minimum Gasteiger partial charge on any atom is -0.495 e. The van der Waals surface area contributed by atoms with E-state index in [-0.39, 0.29) is 29.5 Å². The third kappa shape index (κ3) is 4.27. The van der Waals surface area contributed by atoms with Crippen LogP contribution in [0.1, 0.15) is 19.3 Å². The summed E-state index contributed by atoms with van der Waals surface area (Å²) in [5.41, 5.74) is 1.09. The lowest BCUT2D eigenvalue weighted by atomic mass is 10.2. The van der Waals surface area contributed by atoms with Crippen LogP contribution in [0.3, 0.4) is 0 Å². The predicted molar refractivity (Wildman–Crippen MR) is 109 cm³/mol. The van der Waals surface area contributed by atoms with Gasteiger partial charge in [-0.1, -0.05) is 12.1 Å². The van der Waals surface area contributed by atoms with Crippen molar-refractivity contribution in [1.29, 1.82) is 0 Å². The molecule has 1 aliphatic carbocycles. The van der Waals surface area contributed by atoms with E-state index in [9.17, 15) is 13.2 Å². The first-order chi connectivity index (χ1) is 13.5. The highest BCUT2D eigenvalue weighted by Gasteiger charge is 2.42. The summed E-state index contributed by atoms with van der Waals surface area (Å²) in [6.45, 7) is 3.69. The van der Waals surface area contributed by atoms with Gasteiger partial charge in [-0.25, -0.2) is 8.42 Å². The lowest BCUT2D eigenvalue weighted by Gasteiger charge is -2.37. The molecule has 0 radical (unpaired) electrons. The van der Waals surface area contributed by atoms with Gasteiger partial charge >= 0.3 is 0 Å². The highest BCUT2D eigenvalue weighted by molar-refractivity contribution is 7.91. The number of amides is 1. The van der Waals surface area contributed by atoms with Crippen LogP contribution in [-0.2, 0) is 14.6 Å². The van der Waals surface area contributed by atoms with E-state index in [1.165, 1.54) is 0 Å². The molecule has 154 valence electrons. The van der Waals surface area contributed by atoms with E-state index in [0.717, 1.165) is 50.5 Å². The number of rotatable bonds is 6. The topological polar surface area (TPSA) is 70.2 Å². The quantitative estimate of drug-likeness (QED) is 0.701. The van der Waals surface area contributed by atoms with Crippen molar-refractivity contribution >= 4 is 21.4 Å². The third-order valence-corrected chi connectivity index (χ3v) is 7.74. The number of carbonyl (C=O) groups is 1. The van der Waals surface area contributed by atoms with Gasteiger partial charge in [0.15, 0.2) is 9.84 Å². The molecule has 0 aromatic heterocycles. The Kier molecular flexibility index (Phi) is 5.51. The van der Waals surface area contributed by atoms with Gasteiger partial charge in [-0.2, -0.15) is 0 Å². The minimum atomic E-state index is -2.98. The van der Waals surface area contributed by atoms with Crippen molar-refractivity contribution in [2.24, 2.45) is 0 Å². The number of hydrogen-bond acceptors (Lipinski definition) is 6. The van der Waals surface area contributed by atoms with Crippen molar-refractivity contribution in [1.82, 2.24) is 9.80 Å². The van der Waals surface area contributed by atoms with E-state index in [4.69, 9.17) is 4.74 Å². The molecule has 1 aromatic rings. The van der Waals surface area contributed by atoms with E-state index in [2.05, 4.69) is 15.9 Å². The van der Waals surface area contributed by atoms with Crippen molar-refractivity contribution in [2.45, 2.75) is 31.3 Å². The zero-order valence-electron chi connectivity index (χ0n) is 16.4. The summed E-state index contributed by atoms with van der Waals surface area (Å²) in [6.07, 6.45) is 2.60. The molecule has 4 rings (SSSR count). The first kappa shape index (κ1) is 19.5. The van der Waals surface area contributed by atoms with Gasteiger partial charge in [0, 0.05) is 38.3 Å². The van der Waals surface area contributed by atoms with Gasteiger partial charge in [0.25, 0.3) is 0 Å². The van der Waals surface area contributed by atoms with Crippen LogP contribution in [-0.4, -0.2) is 87.5 Å². The summed E-state index contributed by atoms with van der Waals surface area (Å²) in [5.74, 6) is 1.31. The van der Waals surface area contributed by atoms with Crippen LogP contribution in [0.4, 0.5) is 5.69 Å². The number of methoxy groups -OCH3 is 1. The van der Waals surface area contributed by atoms with Crippen molar-refractivity contribution in [2.75, 3.05) is 56.2 Å². The second kappa shape index (κ2) is 7.91. The van der Waals surface area contributed by atoms with Gasteiger partial charge in [0.1, 0.15) is 5.75 Å². The third-order valence-electron chi connectivity index (χ3n) is 5.99. The Morgan fingerprint density at radius 3 is 2.43 bits per heavy atom. The number of anilines is 1. The number of sulfone groups is 1. The smallest absolute Gasteiger partial charge is 0.237 e. The molecule has 1 aromatic carbocycles. The van der Waals surface area contributed by atoms with Gasteiger partial charge in [-0.05, 0) is 31.4 Å². The Morgan fingerprint density at radius 2 is 1.82 bits per heavy atom. The summed E-state index contributed by atoms with van der Waals surface area (Å²) in [4.78, 5) is 19.4. The van der Waals surface area contributed by atoms with Crippen LogP contribution in [0.5, 0.6) is 5.75 Å². The summed E-state index contributed by atoms with van der Waals surface area (Å²) < 4.78 is 29.2. The molecular formula is C20H29N3O4S. The molecule has 0 unspecified atom stereocenters. The molecule has 2 aliphatic heterocycles. The van der Waals surface area contributed by atoms with Gasteiger partial charge < -0.3 is 14.5 Å². The number of nitrogens with zero attached hydrogens (tertiary/aromatic N) is 3. The Morgan fingerprint density at radius 1 is 1.11 bits per heavy atom. The van der Waals surface area contributed by atoms with Crippen LogP contribution in [0.25, 0.3) is 0 Å². The Hall–Kier alpha value is -1.80. The molecule has 28 heavy (non-hydrogen) atoms. The summed E-state index contributed by atoms with van der Waals surface area (Å²) in [5, 5.41) is 0. The average molecular weight is 408 g/mol. The Balaban J connectivity index is 1.34. The molecule has 2 heterocycles. The lowest BCUT2D eigenvalue weighted by Crippen LogP contribution is -2.52.